The third-order valence-electron chi connectivity index (χ3n) is 1.96. The van der Waals surface area contributed by atoms with E-state index in [9.17, 15) is 0 Å². The summed E-state index contributed by atoms with van der Waals surface area (Å²) >= 11 is 0. The Balaban J connectivity index is 2.32. The maximum Gasteiger partial charge on any atom is 0.0764 e. The van der Waals surface area contributed by atoms with Gasteiger partial charge in [-0.2, -0.15) is 0 Å². The van der Waals surface area contributed by atoms with Crippen LogP contribution in [-0.2, 0) is 0 Å². The molecule has 1 aliphatic heterocycles. The molecule has 1 aliphatic rings. The molecule has 1 atom stereocenters. The summed E-state index contributed by atoms with van der Waals surface area (Å²) in [6, 6.07) is 0. The fraction of sp³-hybridized carbons (Fsp3) is 0.750. The molecule has 64 valence electrons. The summed E-state index contributed by atoms with van der Waals surface area (Å²) in [5.74, 6) is 0. The third kappa shape index (κ3) is 2.61. The van der Waals surface area contributed by atoms with Crippen LogP contribution >= 0.6 is 0 Å². The molecule has 0 aromatic carbocycles. The minimum absolute atomic E-state index is 0.113. The Hall–Kier alpha value is -0.380. The zero-order valence-electron chi connectivity index (χ0n) is 7.09. The topological polar surface area (TPSA) is 41.3 Å². The Morgan fingerprint density at radius 2 is 2.09 bits per heavy atom. The van der Waals surface area contributed by atoms with Crippen LogP contribution in [0.25, 0.3) is 0 Å². The molecule has 1 unspecified atom stereocenters. The molecule has 3 heteroatoms. The molecule has 0 aromatic rings. The van der Waals surface area contributed by atoms with Crippen molar-refractivity contribution in [3.05, 3.63) is 12.2 Å². The summed E-state index contributed by atoms with van der Waals surface area (Å²) in [7, 11) is 0. The van der Waals surface area contributed by atoms with E-state index in [4.69, 9.17) is 5.73 Å². The van der Waals surface area contributed by atoms with Gasteiger partial charge in [0.2, 0.25) is 0 Å². The summed E-state index contributed by atoms with van der Waals surface area (Å²) in [5.41, 5.74) is 5.87. The van der Waals surface area contributed by atoms with E-state index in [2.05, 4.69) is 10.2 Å². The molecule has 3 N–H and O–H groups in total. The Morgan fingerprint density at radius 1 is 1.45 bits per heavy atom. The molecule has 1 fully saturated rings. The van der Waals surface area contributed by atoms with Crippen LogP contribution in [-0.4, -0.2) is 37.2 Å². The van der Waals surface area contributed by atoms with Gasteiger partial charge >= 0.3 is 0 Å². The SMILES string of the molecule is C/C=C\C(N)N1CCNCC1. The van der Waals surface area contributed by atoms with Crippen molar-refractivity contribution in [1.82, 2.24) is 10.2 Å². The van der Waals surface area contributed by atoms with E-state index < -0.39 is 0 Å². The fourth-order valence-electron chi connectivity index (χ4n) is 1.30. The normalized spacial score (nSPS) is 24.2. The molecule has 1 rings (SSSR count). The van der Waals surface area contributed by atoms with Crippen molar-refractivity contribution < 1.29 is 0 Å². The smallest absolute Gasteiger partial charge is 0.0764 e. The van der Waals surface area contributed by atoms with Crippen LogP contribution in [0.4, 0.5) is 0 Å². The minimum Gasteiger partial charge on any atom is -0.314 e. The first-order chi connectivity index (χ1) is 5.34. The lowest BCUT2D eigenvalue weighted by Crippen LogP contribution is -2.51. The van der Waals surface area contributed by atoms with Crippen molar-refractivity contribution in [2.45, 2.75) is 13.1 Å². The highest BCUT2D eigenvalue weighted by atomic mass is 15.3. The summed E-state index contributed by atoms with van der Waals surface area (Å²) in [5, 5.41) is 3.29. The van der Waals surface area contributed by atoms with E-state index in [1.165, 1.54) is 0 Å². The van der Waals surface area contributed by atoms with Gasteiger partial charge in [0.05, 0.1) is 6.17 Å². The van der Waals surface area contributed by atoms with Crippen molar-refractivity contribution in [3.63, 3.8) is 0 Å². The van der Waals surface area contributed by atoms with Crippen molar-refractivity contribution in [2.24, 2.45) is 5.73 Å². The summed E-state index contributed by atoms with van der Waals surface area (Å²) in [6.07, 6.45) is 4.15. The van der Waals surface area contributed by atoms with E-state index in [-0.39, 0.29) is 6.17 Å². The second kappa shape index (κ2) is 4.49. The number of rotatable bonds is 2. The average Bonchev–Trinajstić information content (AvgIpc) is 2.07. The molecule has 0 spiro atoms. The molecule has 0 bridgehead atoms. The maximum absolute atomic E-state index is 5.87. The Bertz CT molecular complexity index is 127. The molecule has 0 radical (unpaired) electrons. The number of hydrogen-bond acceptors (Lipinski definition) is 3. The molecule has 0 amide bonds. The first-order valence-corrected chi connectivity index (χ1v) is 4.18. The summed E-state index contributed by atoms with van der Waals surface area (Å²) in [4.78, 5) is 2.27. The predicted octanol–water partition coefficient (Wildman–Crippen LogP) is -0.247. The van der Waals surface area contributed by atoms with Gasteiger partial charge in [0.25, 0.3) is 0 Å². The number of nitrogens with zero attached hydrogens (tertiary/aromatic N) is 1. The van der Waals surface area contributed by atoms with E-state index in [1.807, 2.05) is 19.1 Å². The Morgan fingerprint density at radius 3 is 2.64 bits per heavy atom. The molecular weight excluding hydrogens is 138 g/mol. The standard InChI is InChI=1S/C8H17N3/c1-2-3-8(9)11-6-4-10-5-7-11/h2-3,8,10H,4-7,9H2,1H3/b3-2-. The van der Waals surface area contributed by atoms with Crippen LogP contribution < -0.4 is 11.1 Å². The molecule has 1 saturated heterocycles. The number of hydrogen-bond donors (Lipinski definition) is 2. The van der Waals surface area contributed by atoms with Crippen LogP contribution in [0.15, 0.2) is 12.2 Å². The van der Waals surface area contributed by atoms with Gasteiger partial charge in [-0.15, -0.1) is 0 Å². The first-order valence-electron chi connectivity index (χ1n) is 4.18. The monoisotopic (exact) mass is 155 g/mol. The van der Waals surface area contributed by atoms with Crippen molar-refractivity contribution in [3.8, 4) is 0 Å². The third-order valence-corrected chi connectivity index (χ3v) is 1.96. The van der Waals surface area contributed by atoms with Gasteiger partial charge in [0.15, 0.2) is 0 Å². The van der Waals surface area contributed by atoms with E-state index in [0.29, 0.717) is 0 Å². The predicted molar refractivity (Wildman–Crippen MR) is 47.2 cm³/mol. The molecule has 1 heterocycles. The van der Waals surface area contributed by atoms with Gasteiger partial charge in [-0.05, 0) is 6.92 Å². The van der Waals surface area contributed by atoms with Crippen molar-refractivity contribution in [2.75, 3.05) is 26.2 Å². The zero-order chi connectivity index (χ0) is 8.10. The van der Waals surface area contributed by atoms with Gasteiger partial charge in [-0.1, -0.05) is 12.2 Å². The summed E-state index contributed by atoms with van der Waals surface area (Å²) < 4.78 is 0. The minimum atomic E-state index is 0.113. The Labute approximate surface area is 68.2 Å². The van der Waals surface area contributed by atoms with E-state index in [1.54, 1.807) is 0 Å². The fourth-order valence-corrected chi connectivity index (χ4v) is 1.30. The van der Waals surface area contributed by atoms with Crippen LogP contribution in [0, 0.1) is 0 Å². The van der Waals surface area contributed by atoms with E-state index in [0.717, 1.165) is 26.2 Å². The largest absolute Gasteiger partial charge is 0.314 e. The average molecular weight is 155 g/mol. The number of nitrogens with one attached hydrogen (secondary N) is 1. The number of allylic oxidation sites excluding steroid dienone is 1. The van der Waals surface area contributed by atoms with Crippen LogP contribution in [0.2, 0.25) is 0 Å². The second-order valence-electron chi connectivity index (χ2n) is 2.80. The Kier molecular flexibility index (Phi) is 3.56. The zero-order valence-corrected chi connectivity index (χ0v) is 7.09. The lowest BCUT2D eigenvalue weighted by Gasteiger charge is -2.30. The summed E-state index contributed by atoms with van der Waals surface area (Å²) in [6.45, 7) is 6.25. The molecule has 0 aliphatic carbocycles. The highest BCUT2D eigenvalue weighted by molar-refractivity contribution is 4.90. The number of piperazine rings is 1. The van der Waals surface area contributed by atoms with Gasteiger partial charge < -0.3 is 11.1 Å². The number of nitrogens with two attached hydrogens (primary N) is 1. The van der Waals surface area contributed by atoms with Crippen LogP contribution in [0.1, 0.15) is 6.92 Å². The molecule has 11 heavy (non-hydrogen) atoms. The van der Waals surface area contributed by atoms with Gasteiger partial charge in [0, 0.05) is 26.2 Å². The highest BCUT2D eigenvalue weighted by Crippen LogP contribution is 1.96. The second-order valence-corrected chi connectivity index (χ2v) is 2.80. The van der Waals surface area contributed by atoms with Crippen molar-refractivity contribution >= 4 is 0 Å². The first kappa shape index (κ1) is 8.71. The molecule has 3 nitrogen and oxygen atoms in total. The van der Waals surface area contributed by atoms with Gasteiger partial charge in [0.1, 0.15) is 0 Å². The maximum atomic E-state index is 5.87. The van der Waals surface area contributed by atoms with Crippen LogP contribution in [0.5, 0.6) is 0 Å². The van der Waals surface area contributed by atoms with Crippen LogP contribution in [0.3, 0.4) is 0 Å². The quantitative estimate of drug-likeness (QED) is 0.540. The van der Waals surface area contributed by atoms with Gasteiger partial charge in [-0.25, -0.2) is 0 Å². The lowest BCUT2D eigenvalue weighted by atomic mass is 10.3. The molecule has 0 saturated carbocycles. The van der Waals surface area contributed by atoms with E-state index >= 15 is 0 Å². The van der Waals surface area contributed by atoms with Crippen molar-refractivity contribution in [1.29, 1.82) is 0 Å². The molecule has 0 aromatic heterocycles. The highest BCUT2D eigenvalue weighted by Gasteiger charge is 2.13. The lowest BCUT2D eigenvalue weighted by molar-refractivity contribution is 0.205. The van der Waals surface area contributed by atoms with Gasteiger partial charge in [-0.3, -0.25) is 4.90 Å². The molecular formula is C8H17N3.